The number of ether oxygens (including phenoxy) is 2. The average molecular weight is 352 g/mol. The van der Waals surface area contributed by atoms with Gasteiger partial charge in [0.25, 0.3) is 5.91 Å². The molecule has 0 aliphatic carbocycles. The first-order valence-corrected chi connectivity index (χ1v) is 8.22. The Labute approximate surface area is 151 Å². The minimum absolute atomic E-state index is 0.0514. The van der Waals surface area contributed by atoms with Crippen molar-refractivity contribution in [2.75, 3.05) is 20.3 Å². The van der Waals surface area contributed by atoms with Crippen LogP contribution in [0.2, 0.25) is 0 Å². The molecule has 7 nitrogen and oxygen atoms in total. The number of hydrogen-bond donors (Lipinski definition) is 1. The molecule has 0 spiro atoms. The number of carbonyl (C=O) groups is 1. The summed E-state index contributed by atoms with van der Waals surface area (Å²) in [7, 11) is 1.58. The van der Waals surface area contributed by atoms with E-state index in [1.54, 1.807) is 31.6 Å². The van der Waals surface area contributed by atoms with Gasteiger partial charge in [0, 0.05) is 37.7 Å². The largest absolute Gasteiger partial charge is 0.497 e. The van der Waals surface area contributed by atoms with E-state index < -0.39 is 0 Å². The summed E-state index contributed by atoms with van der Waals surface area (Å²) in [5, 5.41) is 2.83. The van der Waals surface area contributed by atoms with Crippen LogP contribution in [0.4, 0.5) is 0 Å². The second-order valence-corrected chi connectivity index (χ2v) is 5.48. The Balaban J connectivity index is 1.46. The molecule has 0 aliphatic heterocycles. The minimum Gasteiger partial charge on any atom is -0.497 e. The SMILES string of the molecule is COc1cccc(OCC(=O)NCCn2ccnc2-c2ccccn2)c1. The molecule has 3 aromatic rings. The smallest absolute Gasteiger partial charge is 0.258 e. The molecule has 0 unspecified atom stereocenters. The number of imidazole rings is 1. The number of nitrogens with one attached hydrogen (secondary N) is 1. The number of aromatic nitrogens is 3. The maximum atomic E-state index is 11.9. The Morgan fingerprint density at radius 3 is 2.81 bits per heavy atom. The standard InChI is InChI=1S/C19H20N4O3/c1-25-15-5-4-6-16(13-15)26-14-18(24)21-9-11-23-12-10-22-19(23)17-7-2-3-8-20-17/h2-8,10,12-13H,9,11,14H2,1H3,(H,21,24). The van der Waals surface area contributed by atoms with Crippen LogP contribution in [0.1, 0.15) is 0 Å². The first-order chi connectivity index (χ1) is 12.8. The van der Waals surface area contributed by atoms with Gasteiger partial charge >= 0.3 is 0 Å². The Morgan fingerprint density at radius 1 is 1.12 bits per heavy atom. The van der Waals surface area contributed by atoms with Gasteiger partial charge in [0.05, 0.1) is 7.11 Å². The highest BCUT2D eigenvalue weighted by molar-refractivity contribution is 5.77. The Bertz CT molecular complexity index is 849. The van der Waals surface area contributed by atoms with Gasteiger partial charge in [-0.25, -0.2) is 4.98 Å². The van der Waals surface area contributed by atoms with E-state index in [-0.39, 0.29) is 12.5 Å². The zero-order valence-corrected chi connectivity index (χ0v) is 14.5. The van der Waals surface area contributed by atoms with Gasteiger partial charge in [0.15, 0.2) is 12.4 Å². The molecule has 0 atom stereocenters. The number of pyridine rings is 1. The molecule has 0 saturated carbocycles. The molecule has 26 heavy (non-hydrogen) atoms. The highest BCUT2D eigenvalue weighted by Gasteiger charge is 2.08. The first-order valence-electron chi connectivity index (χ1n) is 8.22. The summed E-state index contributed by atoms with van der Waals surface area (Å²) in [5.74, 6) is 1.86. The molecular formula is C19H20N4O3. The van der Waals surface area contributed by atoms with Crippen LogP contribution >= 0.6 is 0 Å². The van der Waals surface area contributed by atoms with Crippen molar-refractivity contribution in [1.29, 1.82) is 0 Å². The minimum atomic E-state index is -0.188. The van der Waals surface area contributed by atoms with Gasteiger partial charge < -0.3 is 19.4 Å². The van der Waals surface area contributed by atoms with E-state index in [0.717, 1.165) is 11.5 Å². The number of nitrogens with zero attached hydrogens (tertiary/aromatic N) is 3. The lowest BCUT2D eigenvalue weighted by Crippen LogP contribution is -2.31. The predicted octanol–water partition coefficient (Wildman–Crippen LogP) is 2.15. The first kappa shape index (κ1) is 17.5. The summed E-state index contributed by atoms with van der Waals surface area (Å²) in [4.78, 5) is 20.6. The normalized spacial score (nSPS) is 10.3. The lowest BCUT2D eigenvalue weighted by atomic mass is 10.3. The van der Waals surface area contributed by atoms with Crippen LogP contribution in [0, 0.1) is 0 Å². The van der Waals surface area contributed by atoms with Gasteiger partial charge in [-0.3, -0.25) is 9.78 Å². The fourth-order valence-electron chi connectivity index (χ4n) is 2.42. The highest BCUT2D eigenvalue weighted by Crippen LogP contribution is 2.18. The summed E-state index contributed by atoms with van der Waals surface area (Å²) in [6.07, 6.45) is 5.31. The van der Waals surface area contributed by atoms with Gasteiger partial charge in [0.1, 0.15) is 17.2 Å². The van der Waals surface area contributed by atoms with Crippen molar-refractivity contribution in [1.82, 2.24) is 19.9 Å². The van der Waals surface area contributed by atoms with E-state index in [1.165, 1.54) is 0 Å². The van der Waals surface area contributed by atoms with Gasteiger partial charge in [-0.2, -0.15) is 0 Å². The van der Waals surface area contributed by atoms with Crippen LogP contribution in [0.3, 0.4) is 0 Å². The summed E-state index contributed by atoms with van der Waals surface area (Å²) in [6, 6.07) is 12.8. The third-order valence-corrected chi connectivity index (χ3v) is 3.70. The summed E-state index contributed by atoms with van der Waals surface area (Å²) in [6.45, 7) is 1.01. The molecule has 0 radical (unpaired) electrons. The van der Waals surface area contributed by atoms with Crippen molar-refractivity contribution in [2.24, 2.45) is 0 Å². The third-order valence-electron chi connectivity index (χ3n) is 3.70. The summed E-state index contributed by atoms with van der Waals surface area (Å²) >= 11 is 0. The number of rotatable bonds is 8. The van der Waals surface area contributed by atoms with Crippen LogP contribution in [0.5, 0.6) is 11.5 Å². The molecule has 7 heteroatoms. The van der Waals surface area contributed by atoms with Crippen molar-refractivity contribution in [3.63, 3.8) is 0 Å². The average Bonchev–Trinajstić information content (AvgIpc) is 3.16. The monoisotopic (exact) mass is 352 g/mol. The van der Waals surface area contributed by atoms with Crippen LogP contribution < -0.4 is 14.8 Å². The molecule has 1 aromatic carbocycles. The summed E-state index contributed by atoms with van der Waals surface area (Å²) < 4.78 is 12.5. The maximum Gasteiger partial charge on any atom is 0.258 e. The number of amides is 1. The fraction of sp³-hybridized carbons (Fsp3) is 0.211. The van der Waals surface area contributed by atoms with Crippen LogP contribution in [0.15, 0.2) is 61.1 Å². The molecule has 1 N–H and O–H groups in total. The zero-order valence-electron chi connectivity index (χ0n) is 14.5. The number of hydrogen-bond acceptors (Lipinski definition) is 5. The molecule has 0 aliphatic rings. The van der Waals surface area contributed by atoms with E-state index in [4.69, 9.17) is 9.47 Å². The van der Waals surface area contributed by atoms with E-state index in [1.807, 2.05) is 41.1 Å². The fourth-order valence-corrected chi connectivity index (χ4v) is 2.42. The Hall–Kier alpha value is -3.35. The second kappa shape index (κ2) is 8.66. The summed E-state index contributed by atoms with van der Waals surface area (Å²) in [5.41, 5.74) is 0.796. The molecule has 0 saturated heterocycles. The van der Waals surface area contributed by atoms with E-state index in [9.17, 15) is 4.79 Å². The number of carbonyl (C=O) groups excluding carboxylic acids is 1. The Morgan fingerprint density at radius 2 is 2.00 bits per heavy atom. The molecule has 2 aromatic heterocycles. The lowest BCUT2D eigenvalue weighted by molar-refractivity contribution is -0.123. The molecule has 134 valence electrons. The molecule has 3 rings (SSSR count). The van der Waals surface area contributed by atoms with Crippen molar-refractivity contribution in [3.8, 4) is 23.0 Å². The van der Waals surface area contributed by atoms with Gasteiger partial charge in [-0.05, 0) is 24.3 Å². The number of methoxy groups -OCH3 is 1. The van der Waals surface area contributed by atoms with E-state index in [2.05, 4.69) is 15.3 Å². The van der Waals surface area contributed by atoms with E-state index >= 15 is 0 Å². The predicted molar refractivity (Wildman–Crippen MR) is 97.0 cm³/mol. The van der Waals surface area contributed by atoms with Crippen molar-refractivity contribution < 1.29 is 14.3 Å². The van der Waals surface area contributed by atoms with Crippen molar-refractivity contribution in [3.05, 3.63) is 61.1 Å². The van der Waals surface area contributed by atoms with Crippen molar-refractivity contribution >= 4 is 5.91 Å². The molecule has 0 bridgehead atoms. The lowest BCUT2D eigenvalue weighted by Gasteiger charge is -2.10. The topological polar surface area (TPSA) is 78.3 Å². The van der Waals surface area contributed by atoms with Crippen LogP contribution in [-0.4, -0.2) is 40.7 Å². The maximum absolute atomic E-state index is 11.9. The van der Waals surface area contributed by atoms with Gasteiger partial charge in [0.2, 0.25) is 0 Å². The van der Waals surface area contributed by atoms with Crippen LogP contribution in [0.25, 0.3) is 11.5 Å². The number of benzene rings is 1. The van der Waals surface area contributed by atoms with Crippen LogP contribution in [-0.2, 0) is 11.3 Å². The van der Waals surface area contributed by atoms with Gasteiger partial charge in [-0.1, -0.05) is 12.1 Å². The van der Waals surface area contributed by atoms with E-state index in [0.29, 0.717) is 24.6 Å². The molecule has 1 amide bonds. The quantitative estimate of drug-likeness (QED) is 0.672. The molecular weight excluding hydrogens is 332 g/mol. The highest BCUT2D eigenvalue weighted by atomic mass is 16.5. The molecule has 2 heterocycles. The van der Waals surface area contributed by atoms with Crippen molar-refractivity contribution in [2.45, 2.75) is 6.54 Å². The Kier molecular flexibility index (Phi) is 5.82. The molecule has 0 fully saturated rings. The third kappa shape index (κ3) is 4.60. The second-order valence-electron chi connectivity index (χ2n) is 5.48. The van der Waals surface area contributed by atoms with Gasteiger partial charge in [-0.15, -0.1) is 0 Å². The zero-order chi connectivity index (χ0) is 18.2.